The summed E-state index contributed by atoms with van der Waals surface area (Å²) in [6.07, 6.45) is 2.18. The molecule has 1 saturated heterocycles. The fourth-order valence-corrected chi connectivity index (χ4v) is 3.70. The Morgan fingerprint density at radius 2 is 2.00 bits per heavy atom. The SMILES string of the molecule is I.O=[N+]([O-])c1ccc(CN=C(NCCc2cccs2)N2CCC(O)CC2)cc1. The molecule has 2 heterocycles. The zero-order chi connectivity index (χ0) is 19.1. The largest absolute Gasteiger partial charge is 0.393 e. The Bertz CT molecular complexity index is 760. The van der Waals surface area contributed by atoms with Gasteiger partial charge in [-0.1, -0.05) is 18.2 Å². The number of hydrogen-bond donors (Lipinski definition) is 2. The van der Waals surface area contributed by atoms with Gasteiger partial charge < -0.3 is 15.3 Å². The van der Waals surface area contributed by atoms with Crippen molar-refractivity contribution in [2.45, 2.75) is 31.9 Å². The number of nitro groups is 1. The number of piperidine rings is 1. The standard InChI is InChI=1S/C19H24N4O3S.HI/c24-17-8-11-22(12-9-17)19(20-10-7-18-2-1-13-27-18)21-14-15-3-5-16(6-4-15)23(25)26;/h1-6,13,17,24H,7-12,14H2,(H,20,21);1H. The molecule has 1 aliphatic heterocycles. The van der Waals surface area contributed by atoms with Crippen LogP contribution in [0.1, 0.15) is 23.3 Å². The number of aliphatic hydroxyl groups excluding tert-OH is 1. The minimum Gasteiger partial charge on any atom is -0.393 e. The van der Waals surface area contributed by atoms with Crippen molar-refractivity contribution in [1.29, 1.82) is 0 Å². The van der Waals surface area contributed by atoms with E-state index in [1.165, 1.54) is 17.0 Å². The summed E-state index contributed by atoms with van der Waals surface area (Å²) in [5.74, 6) is 0.830. The lowest BCUT2D eigenvalue weighted by Crippen LogP contribution is -2.47. The summed E-state index contributed by atoms with van der Waals surface area (Å²) in [4.78, 5) is 18.6. The molecule has 152 valence electrons. The Hall–Kier alpha value is -1.72. The number of likely N-dealkylation sites (tertiary alicyclic amines) is 1. The van der Waals surface area contributed by atoms with Gasteiger partial charge in [0.15, 0.2) is 5.96 Å². The summed E-state index contributed by atoms with van der Waals surface area (Å²) in [5, 5.41) is 26.0. The van der Waals surface area contributed by atoms with Gasteiger partial charge in [0.05, 0.1) is 17.6 Å². The zero-order valence-corrected chi connectivity index (χ0v) is 18.6. The maximum atomic E-state index is 10.8. The van der Waals surface area contributed by atoms with Gasteiger partial charge in [-0.2, -0.15) is 0 Å². The van der Waals surface area contributed by atoms with E-state index in [0.29, 0.717) is 6.54 Å². The Balaban J connectivity index is 0.00000280. The molecule has 3 rings (SSSR count). The molecular formula is C19H25IN4O3S. The lowest BCUT2D eigenvalue weighted by Gasteiger charge is -2.32. The summed E-state index contributed by atoms with van der Waals surface area (Å²) < 4.78 is 0. The van der Waals surface area contributed by atoms with E-state index in [0.717, 1.165) is 50.4 Å². The third kappa shape index (κ3) is 6.71. The summed E-state index contributed by atoms with van der Waals surface area (Å²) in [6, 6.07) is 10.7. The monoisotopic (exact) mass is 516 g/mol. The number of nitro benzene ring substituents is 1. The summed E-state index contributed by atoms with van der Waals surface area (Å²) >= 11 is 1.74. The van der Waals surface area contributed by atoms with Crippen LogP contribution in [-0.2, 0) is 13.0 Å². The smallest absolute Gasteiger partial charge is 0.269 e. The number of rotatable bonds is 6. The van der Waals surface area contributed by atoms with E-state index < -0.39 is 4.92 Å². The van der Waals surface area contributed by atoms with Crippen molar-refractivity contribution in [3.63, 3.8) is 0 Å². The van der Waals surface area contributed by atoms with Crippen molar-refractivity contribution in [3.05, 3.63) is 62.3 Å². The molecule has 1 aromatic heterocycles. The van der Waals surface area contributed by atoms with Crippen LogP contribution in [0.15, 0.2) is 46.8 Å². The third-order valence-electron chi connectivity index (χ3n) is 4.56. The fourth-order valence-electron chi connectivity index (χ4n) is 2.99. The third-order valence-corrected chi connectivity index (χ3v) is 5.49. The minimum absolute atomic E-state index is 0. The van der Waals surface area contributed by atoms with E-state index in [4.69, 9.17) is 4.99 Å². The number of halogens is 1. The molecule has 1 aromatic carbocycles. The molecule has 0 saturated carbocycles. The van der Waals surface area contributed by atoms with Crippen LogP contribution >= 0.6 is 35.3 Å². The maximum Gasteiger partial charge on any atom is 0.269 e. The van der Waals surface area contributed by atoms with Crippen molar-refractivity contribution in [3.8, 4) is 0 Å². The Morgan fingerprint density at radius 3 is 2.61 bits per heavy atom. The molecule has 0 radical (unpaired) electrons. The predicted molar refractivity (Wildman–Crippen MR) is 122 cm³/mol. The lowest BCUT2D eigenvalue weighted by molar-refractivity contribution is -0.384. The highest BCUT2D eigenvalue weighted by atomic mass is 127. The highest BCUT2D eigenvalue weighted by Crippen LogP contribution is 2.14. The van der Waals surface area contributed by atoms with E-state index >= 15 is 0 Å². The van der Waals surface area contributed by atoms with Gasteiger partial charge in [-0.15, -0.1) is 35.3 Å². The van der Waals surface area contributed by atoms with Gasteiger partial charge in [0.1, 0.15) is 0 Å². The van der Waals surface area contributed by atoms with Crippen molar-refractivity contribution >= 4 is 47.0 Å². The summed E-state index contributed by atoms with van der Waals surface area (Å²) in [5.41, 5.74) is 1.01. The van der Waals surface area contributed by atoms with Crippen LogP contribution in [0.4, 0.5) is 5.69 Å². The maximum absolute atomic E-state index is 10.8. The van der Waals surface area contributed by atoms with Crippen molar-refractivity contribution in [1.82, 2.24) is 10.2 Å². The molecular weight excluding hydrogens is 491 g/mol. The lowest BCUT2D eigenvalue weighted by atomic mass is 10.1. The average Bonchev–Trinajstić information content (AvgIpc) is 3.19. The fraction of sp³-hybridized carbons (Fsp3) is 0.421. The molecule has 0 amide bonds. The molecule has 0 aliphatic carbocycles. The van der Waals surface area contributed by atoms with Crippen LogP contribution < -0.4 is 5.32 Å². The number of non-ortho nitro benzene ring substituents is 1. The topological polar surface area (TPSA) is 91.0 Å². The second-order valence-corrected chi connectivity index (χ2v) is 7.57. The van der Waals surface area contributed by atoms with E-state index in [1.54, 1.807) is 23.5 Å². The molecule has 0 spiro atoms. The van der Waals surface area contributed by atoms with Crippen molar-refractivity contribution in [2.24, 2.45) is 4.99 Å². The first-order valence-electron chi connectivity index (χ1n) is 9.09. The molecule has 28 heavy (non-hydrogen) atoms. The van der Waals surface area contributed by atoms with E-state index in [-0.39, 0.29) is 35.8 Å². The number of nitrogens with zero attached hydrogens (tertiary/aromatic N) is 3. The molecule has 0 unspecified atom stereocenters. The van der Waals surface area contributed by atoms with Gasteiger partial charge in [-0.3, -0.25) is 10.1 Å². The second-order valence-electron chi connectivity index (χ2n) is 6.54. The summed E-state index contributed by atoms with van der Waals surface area (Å²) in [6.45, 7) is 2.79. The molecule has 0 atom stereocenters. The zero-order valence-electron chi connectivity index (χ0n) is 15.5. The van der Waals surface area contributed by atoms with Crippen molar-refractivity contribution in [2.75, 3.05) is 19.6 Å². The predicted octanol–water partition coefficient (Wildman–Crippen LogP) is 3.42. The number of aliphatic imine (C=N–C) groups is 1. The number of guanidine groups is 1. The van der Waals surface area contributed by atoms with Crippen LogP contribution in [0.5, 0.6) is 0 Å². The Labute approximate surface area is 185 Å². The van der Waals surface area contributed by atoms with Crippen molar-refractivity contribution < 1.29 is 10.0 Å². The molecule has 9 heteroatoms. The number of benzene rings is 1. The summed E-state index contributed by atoms with van der Waals surface area (Å²) in [7, 11) is 0. The Morgan fingerprint density at radius 1 is 1.29 bits per heavy atom. The average molecular weight is 516 g/mol. The second kappa shape index (κ2) is 11.3. The van der Waals surface area contributed by atoms with Gasteiger partial charge in [0.25, 0.3) is 5.69 Å². The van der Waals surface area contributed by atoms with Crippen LogP contribution in [-0.4, -0.2) is 46.6 Å². The number of thiophene rings is 1. The first-order valence-corrected chi connectivity index (χ1v) is 9.97. The first kappa shape index (κ1) is 22.6. The van der Waals surface area contributed by atoms with Crippen LogP contribution in [0.2, 0.25) is 0 Å². The number of hydrogen-bond acceptors (Lipinski definition) is 5. The highest BCUT2D eigenvalue weighted by molar-refractivity contribution is 14.0. The molecule has 1 aliphatic rings. The molecule has 1 fully saturated rings. The molecule has 0 bridgehead atoms. The molecule has 7 nitrogen and oxygen atoms in total. The highest BCUT2D eigenvalue weighted by Gasteiger charge is 2.19. The quantitative estimate of drug-likeness (QED) is 0.202. The van der Waals surface area contributed by atoms with Gasteiger partial charge >= 0.3 is 0 Å². The Kier molecular flexibility index (Phi) is 9.13. The number of nitrogens with one attached hydrogen (secondary N) is 1. The van der Waals surface area contributed by atoms with E-state index in [1.807, 2.05) is 0 Å². The van der Waals surface area contributed by atoms with Gasteiger partial charge in [0, 0.05) is 36.6 Å². The van der Waals surface area contributed by atoms with Crippen LogP contribution in [0, 0.1) is 10.1 Å². The van der Waals surface area contributed by atoms with E-state index in [9.17, 15) is 15.2 Å². The molecule has 2 N–H and O–H groups in total. The molecule has 2 aromatic rings. The van der Waals surface area contributed by atoms with Crippen LogP contribution in [0.25, 0.3) is 0 Å². The number of aliphatic hydroxyl groups is 1. The van der Waals surface area contributed by atoms with Crippen LogP contribution in [0.3, 0.4) is 0 Å². The van der Waals surface area contributed by atoms with Gasteiger partial charge in [0.2, 0.25) is 0 Å². The first-order chi connectivity index (χ1) is 13.1. The van der Waals surface area contributed by atoms with E-state index in [2.05, 4.69) is 27.7 Å². The van der Waals surface area contributed by atoms with Gasteiger partial charge in [-0.25, -0.2) is 4.99 Å². The minimum atomic E-state index is -0.399. The van der Waals surface area contributed by atoms with Gasteiger partial charge in [-0.05, 0) is 36.3 Å². The normalized spacial score (nSPS) is 15.2.